The Morgan fingerprint density at radius 1 is 1.18 bits per heavy atom. The molecule has 2 aromatic rings. The molecular weight excluding hydrogens is 214 g/mol. The van der Waals surface area contributed by atoms with E-state index in [4.69, 9.17) is 5.73 Å². The molecule has 0 fully saturated rings. The second-order valence-electron chi connectivity index (χ2n) is 4.12. The van der Waals surface area contributed by atoms with Crippen molar-refractivity contribution in [1.29, 1.82) is 0 Å². The van der Waals surface area contributed by atoms with Crippen LogP contribution in [0.5, 0.6) is 0 Å². The summed E-state index contributed by atoms with van der Waals surface area (Å²) in [5.74, 6) is -0.196. The number of nitrogen functional groups attached to an aromatic ring is 1. The summed E-state index contributed by atoms with van der Waals surface area (Å²) in [6.45, 7) is 0. The minimum absolute atomic E-state index is 0.196. The summed E-state index contributed by atoms with van der Waals surface area (Å²) in [7, 11) is 3.52. The van der Waals surface area contributed by atoms with Gasteiger partial charge in [-0.15, -0.1) is 0 Å². The van der Waals surface area contributed by atoms with Gasteiger partial charge in [0.2, 0.25) is 0 Å². The SMILES string of the molecule is CN(C)NC(=O)c1cc2ccccc2cc1N. The molecule has 0 unspecified atom stereocenters. The Labute approximate surface area is 100.0 Å². The molecule has 0 aliphatic heterocycles. The van der Waals surface area contributed by atoms with Crippen LogP contribution in [0.25, 0.3) is 10.8 Å². The number of rotatable bonds is 2. The first-order valence-electron chi connectivity index (χ1n) is 5.34. The number of fused-ring (bicyclic) bond motifs is 1. The minimum atomic E-state index is -0.196. The van der Waals surface area contributed by atoms with Gasteiger partial charge in [0.05, 0.1) is 5.56 Å². The summed E-state index contributed by atoms with van der Waals surface area (Å²) >= 11 is 0. The highest BCUT2D eigenvalue weighted by atomic mass is 16.2. The van der Waals surface area contributed by atoms with Gasteiger partial charge in [0.1, 0.15) is 0 Å². The summed E-state index contributed by atoms with van der Waals surface area (Å²) in [6, 6.07) is 11.4. The quantitative estimate of drug-likeness (QED) is 0.608. The number of carbonyl (C=O) groups excluding carboxylic acids is 1. The van der Waals surface area contributed by atoms with E-state index in [1.807, 2.05) is 36.4 Å². The zero-order chi connectivity index (χ0) is 12.4. The highest BCUT2D eigenvalue weighted by molar-refractivity contribution is 6.03. The summed E-state index contributed by atoms with van der Waals surface area (Å²) in [5.41, 5.74) is 9.55. The molecule has 17 heavy (non-hydrogen) atoms. The van der Waals surface area contributed by atoms with E-state index in [0.717, 1.165) is 10.8 Å². The molecule has 0 aliphatic carbocycles. The van der Waals surface area contributed by atoms with Crippen LogP contribution in [0.3, 0.4) is 0 Å². The predicted octanol–water partition coefficient (Wildman–Crippen LogP) is 1.63. The lowest BCUT2D eigenvalue weighted by Gasteiger charge is -2.13. The number of carbonyl (C=O) groups is 1. The van der Waals surface area contributed by atoms with E-state index in [1.165, 1.54) is 0 Å². The van der Waals surface area contributed by atoms with Gasteiger partial charge in [-0.2, -0.15) is 0 Å². The Morgan fingerprint density at radius 3 is 2.35 bits per heavy atom. The molecule has 2 aromatic carbocycles. The van der Waals surface area contributed by atoms with Gasteiger partial charge < -0.3 is 5.73 Å². The lowest BCUT2D eigenvalue weighted by atomic mass is 10.0. The highest BCUT2D eigenvalue weighted by Crippen LogP contribution is 2.21. The van der Waals surface area contributed by atoms with E-state index in [-0.39, 0.29) is 5.91 Å². The topological polar surface area (TPSA) is 58.4 Å². The number of hydrogen-bond acceptors (Lipinski definition) is 3. The molecule has 2 rings (SSSR count). The molecule has 0 spiro atoms. The Bertz CT molecular complexity index is 564. The van der Waals surface area contributed by atoms with E-state index in [1.54, 1.807) is 19.1 Å². The van der Waals surface area contributed by atoms with Crippen LogP contribution >= 0.6 is 0 Å². The van der Waals surface area contributed by atoms with Gasteiger partial charge >= 0.3 is 0 Å². The van der Waals surface area contributed by atoms with Crippen LogP contribution in [0.4, 0.5) is 5.69 Å². The predicted molar refractivity (Wildman–Crippen MR) is 69.5 cm³/mol. The molecule has 0 atom stereocenters. The molecule has 1 amide bonds. The monoisotopic (exact) mass is 229 g/mol. The van der Waals surface area contributed by atoms with Gasteiger partial charge in [-0.05, 0) is 22.9 Å². The molecule has 0 saturated heterocycles. The highest BCUT2D eigenvalue weighted by Gasteiger charge is 2.11. The summed E-state index contributed by atoms with van der Waals surface area (Å²) < 4.78 is 0. The summed E-state index contributed by atoms with van der Waals surface area (Å²) in [6.07, 6.45) is 0. The van der Waals surface area contributed by atoms with Crippen LogP contribution in [-0.4, -0.2) is 25.0 Å². The number of anilines is 1. The molecule has 0 bridgehead atoms. The fraction of sp³-hybridized carbons (Fsp3) is 0.154. The van der Waals surface area contributed by atoms with Crippen molar-refractivity contribution in [3.8, 4) is 0 Å². The molecule has 0 radical (unpaired) electrons. The van der Waals surface area contributed by atoms with Crippen molar-refractivity contribution in [1.82, 2.24) is 10.4 Å². The third-order valence-corrected chi connectivity index (χ3v) is 2.49. The van der Waals surface area contributed by atoms with Gasteiger partial charge in [0, 0.05) is 19.8 Å². The Morgan fingerprint density at radius 2 is 1.76 bits per heavy atom. The van der Waals surface area contributed by atoms with Gasteiger partial charge in [-0.3, -0.25) is 10.2 Å². The van der Waals surface area contributed by atoms with Gasteiger partial charge in [0.15, 0.2) is 0 Å². The fourth-order valence-corrected chi connectivity index (χ4v) is 1.72. The molecule has 88 valence electrons. The van der Waals surface area contributed by atoms with Crippen molar-refractivity contribution < 1.29 is 4.79 Å². The molecule has 0 aromatic heterocycles. The number of amides is 1. The second kappa shape index (κ2) is 4.43. The Kier molecular flexibility index (Phi) is 2.97. The largest absolute Gasteiger partial charge is 0.398 e. The maximum Gasteiger partial charge on any atom is 0.267 e. The van der Waals surface area contributed by atoms with Crippen LogP contribution in [0, 0.1) is 0 Å². The van der Waals surface area contributed by atoms with E-state index >= 15 is 0 Å². The van der Waals surface area contributed by atoms with Crippen molar-refractivity contribution in [2.24, 2.45) is 0 Å². The summed E-state index contributed by atoms with van der Waals surface area (Å²) in [4.78, 5) is 11.9. The smallest absolute Gasteiger partial charge is 0.267 e. The molecule has 0 saturated carbocycles. The van der Waals surface area contributed by atoms with Crippen molar-refractivity contribution in [2.75, 3.05) is 19.8 Å². The number of nitrogens with one attached hydrogen (secondary N) is 1. The average molecular weight is 229 g/mol. The first-order chi connectivity index (χ1) is 8.08. The third-order valence-electron chi connectivity index (χ3n) is 2.49. The van der Waals surface area contributed by atoms with Crippen LogP contribution in [0.15, 0.2) is 36.4 Å². The lowest BCUT2D eigenvalue weighted by molar-refractivity contribution is 0.0858. The first-order valence-corrected chi connectivity index (χ1v) is 5.34. The van der Waals surface area contributed by atoms with E-state index in [0.29, 0.717) is 11.3 Å². The van der Waals surface area contributed by atoms with Crippen LogP contribution in [0.2, 0.25) is 0 Å². The maximum absolute atomic E-state index is 11.9. The van der Waals surface area contributed by atoms with Gasteiger partial charge in [0.25, 0.3) is 5.91 Å². The first kappa shape index (κ1) is 11.4. The Balaban J connectivity index is 2.47. The number of hydrogen-bond donors (Lipinski definition) is 2. The molecule has 0 aliphatic rings. The van der Waals surface area contributed by atoms with Crippen molar-refractivity contribution in [3.63, 3.8) is 0 Å². The van der Waals surface area contributed by atoms with Crippen LogP contribution in [-0.2, 0) is 0 Å². The van der Waals surface area contributed by atoms with E-state index in [9.17, 15) is 4.79 Å². The Hall–Kier alpha value is -2.07. The number of hydrazine groups is 1. The maximum atomic E-state index is 11.9. The third kappa shape index (κ3) is 2.37. The number of benzene rings is 2. The summed E-state index contributed by atoms with van der Waals surface area (Å²) in [5, 5.41) is 3.63. The average Bonchev–Trinajstić information content (AvgIpc) is 2.27. The number of nitrogens with zero attached hydrogens (tertiary/aromatic N) is 1. The van der Waals surface area contributed by atoms with E-state index in [2.05, 4.69) is 5.43 Å². The zero-order valence-corrected chi connectivity index (χ0v) is 9.90. The molecule has 4 heteroatoms. The van der Waals surface area contributed by atoms with Crippen molar-refractivity contribution in [3.05, 3.63) is 42.0 Å². The second-order valence-corrected chi connectivity index (χ2v) is 4.12. The van der Waals surface area contributed by atoms with Crippen LogP contribution in [0.1, 0.15) is 10.4 Å². The lowest BCUT2D eigenvalue weighted by Crippen LogP contribution is -2.36. The molecule has 3 N–H and O–H groups in total. The standard InChI is InChI=1S/C13H15N3O/c1-16(2)15-13(17)11-7-9-5-3-4-6-10(9)8-12(11)14/h3-8H,14H2,1-2H3,(H,15,17). The van der Waals surface area contributed by atoms with Crippen LogP contribution < -0.4 is 11.2 Å². The molecular formula is C13H15N3O. The molecule has 0 heterocycles. The van der Waals surface area contributed by atoms with Gasteiger partial charge in [-0.1, -0.05) is 24.3 Å². The minimum Gasteiger partial charge on any atom is -0.398 e. The zero-order valence-electron chi connectivity index (χ0n) is 9.90. The van der Waals surface area contributed by atoms with Crippen molar-refractivity contribution >= 4 is 22.4 Å². The fourth-order valence-electron chi connectivity index (χ4n) is 1.72. The van der Waals surface area contributed by atoms with Crippen molar-refractivity contribution in [2.45, 2.75) is 0 Å². The number of nitrogens with two attached hydrogens (primary N) is 1. The van der Waals surface area contributed by atoms with Gasteiger partial charge in [-0.25, -0.2) is 5.01 Å². The normalized spacial score (nSPS) is 10.8. The van der Waals surface area contributed by atoms with E-state index < -0.39 is 0 Å². The molecule has 4 nitrogen and oxygen atoms in total.